The van der Waals surface area contributed by atoms with Crippen LogP contribution in [0.4, 0.5) is 0 Å². The lowest BCUT2D eigenvalue weighted by atomic mass is 10.2. The molecule has 2 N–H and O–H groups in total. The lowest BCUT2D eigenvalue weighted by Gasteiger charge is -2.07. The van der Waals surface area contributed by atoms with Crippen molar-refractivity contribution in [2.24, 2.45) is 5.10 Å². The molecule has 0 unspecified atom stereocenters. The van der Waals surface area contributed by atoms with Crippen molar-refractivity contribution in [3.05, 3.63) is 62.7 Å². The van der Waals surface area contributed by atoms with Crippen molar-refractivity contribution in [2.75, 3.05) is 0 Å². The van der Waals surface area contributed by atoms with E-state index in [0.29, 0.717) is 12.1 Å². The zero-order valence-corrected chi connectivity index (χ0v) is 14.1. The fourth-order valence-corrected chi connectivity index (χ4v) is 2.74. The molecule has 0 amide bonds. The van der Waals surface area contributed by atoms with E-state index >= 15 is 0 Å². The number of hydrogen-bond donors (Lipinski definition) is 2. The van der Waals surface area contributed by atoms with Gasteiger partial charge in [-0.15, -0.1) is 0 Å². The molecule has 0 saturated heterocycles. The van der Waals surface area contributed by atoms with Crippen molar-refractivity contribution in [3.63, 3.8) is 0 Å². The molecule has 0 saturated carbocycles. The summed E-state index contributed by atoms with van der Waals surface area (Å²) < 4.78 is 25.3. The van der Waals surface area contributed by atoms with Gasteiger partial charge in [-0.25, -0.2) is 9.51 Å². The number of H-pyrrole nitrogens is 1. The van der Waals surface area contributed by atoms with Crippen molar-refractivity contribution in [3.8, 4) is 0 Å². The molecular formula is C15H18N4O4S. The van der Waals surface area contributed by atoms with Gasteiger partial charge >= 0.3 is 0 Å². The van der Waals surface area contributed by atoms with E-state index in [1.165, 1.54) is 18.2 Å². The van der Waals surface area contributed by atoms with Gasteiger partial charge in [0.2, 0.25) is 0 Å². The van der Waals surface area contributed by atoms with Gasteiger partial charge in [-0.3, -0.25) is 14.7 Å². The molecule has 2 aromatic rings. The summed E-state index contributed by atoms with van der Waals surface area (Å²) in [5, 5.41) is 6.22. The summed E-state index contributed by atoms with van der Waals surface area (Å²) in [5.41, 5.74) is 0.699. The summed E-state index contributed by atoms with van der Waals surface area (Å²) in [6.07, 6.45) is 0.302. The minimum absolute atomic E-state index is 0.119. The number of aryl methyl sites for hydroxylation is 2. The van der Waals surface area contributed by atoms with E-state index in [-0.39, 0.29) is 22.6 Å². The number of nitrogens with zero attached hydrogens (tertiary/aromatic N) is 2. The molecule has 1 heterocycles. The molecule has 0 spiro atoms. The Bertz CT molecular complexity index is 956. The second-order valence-electron chi connectivity index (χ2n) is 5.30. The van der Waals surface area contributed by atoms with Crippen molar-refractivity contribution in [1.82, 2.24) is 14.6 Å². The van der Waals surface area contributed by atoms with Gasteiger partial charge < -0.3 is 0 Å². The molecular weight excluding hydrogens is 332 g/mol. The van der Waals surface area contributed by atoms with Gasteiger partial charge in [-0.1, -0.05) is 17.7 Å². The second-order valence-corrected chi connectivity index (χ2v) is 6.96. The Morgan fingerprint density at radius 2 is 1.83 bits per heavy atom. The van der Waals surface area contributed by atoms with Crippen LogP contribution in [0.2, 0.25) is 0 Å². The van der Waals surface area contributed by atoms with Gasteiger partial charge in [-0.2, -0.15) is 13.5 Å². The molecule has 8 nitrogen and oxygen atoms in total. The van der Waals surface area contributed by atoms with Crippen LogP contribution in [0.3, 0.4) is 0 Å². The van der Waals surface area contributed by atoms with E-state index in [1.54, 1.807) is 19.1 Å². The summed E-state index contributed by atoms with van der Waals surface area (Å²) in [6.45, 7) is 3.68. The number of rotatable bonds is 6. The second kappa shape index (κ2) is 7.26. The Morgan fingerprint density at radius 3 is 2.50 bits per heavy atom. The van der Waals surface area contributed by atoms with Crippen LogP contribution in [-0.2, 0) is 16.6 Å². The van der Waals surface area contributed by atoms with E-state index in [2.05, 4.69) is 15.0 Å². The van der Waals surface area contributed by atoms with E-state index in [9.17, 15) is 18.0 Å². The van der Waals surface area contributed by atoms with Crippen LogP contribution in [0.25, 0.3) is 0 Å². The maximum atomic E-state index is 12.1. The van der Waals surface area contributed by atoms with Crippen molar-refractivity contribution < 1.29 is 8.42 Å². The molecule has 9 heteroatoms. The Kier molecular flexibility index (Phi) is 5.35. The quantitative estimate of drug-likeness (QED) is 0.586. The lowest BCUT2D eigenvalue weighted by Crippen LogP contribution is -2.28. The summed E-state index contributed by atoms with van der Waals surface area (Å²) in [4.78, 5) is 25.0. The maximum absolute atomic E-state index is 12.1. The van der Waals surface area contributed by atoms with Crippen LogP contribution in [0.1, 0.15) is 18.9 Å². The number of hydrazone groups is 1. The Balaban J connectivity index is 2.03. The first-order chi connectivity index (χ1) is 11.3. The van der Waals surface area contributed by atoms with Gasteiger partial charge in [0.05, 0.1) is 4.90 Å². The molecule has 1 aromatic heterocycles. The van der Waals surface area contributed by atoms with E-state index in [0.717, 1.165) is 16.3 Å². The Hall–Kier alpha value is -2.68. The minimum atomic E-state index is -3.73. The first kappa shape index (κ1) is 17.7. The highest BCUT2D eigenvalue weighted by Gasteiger charge is 2.12. The normalized spacial score (nSPS) is 12.2. The zero-order chi connectivity index (χ0) is 17.7. The van der Waals surface area contributed by atoms with Crippen LogP contribution >= 0.6 is 0 Å². The van der Waals surface area contributed by atoms with Gasteiger partial charge in [-0.05, 0) is 26.0 Å². The van der Waals surface area contributed by atoms with Crippen molar-refractivity contribution >= 4 is 15.7 Å². The average Bonchev–Trinajstić information content (AvgIpc) is 2.54. The predicted octanol–water partition coefficient (Wildman–Crippen LogP) is 0.590. The maximum Gasteiger partial charge on any atom is 0.276 e. The average molecular weight is 350 g/mol. The zero-order valence-electron chi connectivity index (χ0n) is 13.3. The third-order valence-corrected chi connectivity index (χ3v) is 4.50. The Morgan fingerprint density at radius 1 is 1.17 bits per heavy atom. The number of aromatic amines is 1. The fourth-order valence-electron chi connectivity index (χ4n) is 1.87. The highest BCUT2D eigenvalue weighted by Crippen LogP contribution is 2.09. The van der Waals surface area contributed by atoms with Gasteiger partial charge in [0, 0.05) is 30.8 Å². The Labute approximate surface area is 138 Å². The topological polar surface area (TPSA) is 113 Å². The summed E-state index contributed by atoms with van der Waals surface area (Å²) in [6, 6.07) is 8.71. The monoisotopic (exact) mass is 350 g/mol. The molecule has 0 atom stereocenters. The molecule has 1 aromatic carbocycles. The molecule has 0 aliphatic rings. The standard InChI is InChI=1S/C15H18N4O4S/c1-11-3-5-13(6-4-11)24(22,23)18-16-12(2)9-10-19-15(21)8-7-14(20)17-19/h3-8,18H,9-10H2,1-2H3,(H,17,20). The number of aromatic nitrogens is 2. The number of benzene rings is 1. The van der Waals surface area contributed by atoms with Crippen LogP contribution < -0.4 is 15.9 Å². The van der Waals surface area contributed by atoms with E-state index in [4.69, 9.17) is 0 Å². The van der Waals surface area contributed by atoms with Crippen LogP contribution in [0, 0.1) is 6.92 Å². The molecule has 2 rings (SSSR count). The predicted molar refractivity (Wildman–Crippen MR) is 90.5 cm³/mol. The first-order valence-electron chi connectivity index (χ1n) is 7.20. The molecule has 0 aliphatic heterocycles. The minimum Gasteiger partial charge on any atom is -0.268 e. The van der Waals surface area contributed by atoms with Gasteiger partial charge in [0.15, 0.2) is 0 Å². The molecule has 0 aliphatic carbocycles. The van der Waals surface area contributed by atoms with E-state index < -0.39 is 10.0 Å². The van der Waals surface area contributed by atoms with E-state index in [1.807, 2.05) is 6.92 Å². The third kappa shape index (κ3) is 4.66. The molecule has 0 radical (unpaired) electrons. The SMILES string of the molecule is CC(CCn1[nH]c(=O)ccc1=O)=NNS(=O)(=O)c1ccc(C)cc1. The summed E-state index contributed by atoms with van der Waals surface area (Å²) >= 11 is 0. The van der Waals surface area contributed by atoms with Crippen molar-refractivity contribution in [1.29, 1.82) is 0 Å². The third-order valence-electron chi connectivity index (χ3n) is 3.27. The van der Waals surface area contributed by atoms with Crippen LogP contribution in [-0.4, -0.2) is 23.9 Å². The summed E-state index contributed by atoms with van der Waals surface area (Å²) in [5.74, 6) is 0. The highest BCUT2D eigenvalue weighted by atomic mass is 32.2. The fraction of sp³-hybridized carbons (Fsp3) is 0.267. The molecule has 128 valence electrons. The largest absolute Gasteiger partial charge is 0.276 e. The van der Waals surface area contributed by atoms with Crippen LogP contribution in [0.5, 0.6) is 0 Å². The molecule has 24 heavy (non-hydrogen) atoms. The smallest absolute Gasteiger partial charge is 0.268 e. The highest BCUT2D eigenvalue weighted by molar-refractivity contribution is 7.89. The number of nitrogens with one attached hydrogen (secondary N) is 2. The van der Waals surface area contributed by atoms with Crippen LogP contribution in [0.15, 0.2) is 56.0 Å². The van der Waals surface area contributed by atoms with Gasteiger partial charge in [0.25, 0.3) is 21.1 Å². The lowest BCUT2D eigenvalue weighted by molar-refractivity contribution is 0.578. The van der Waals surface area contributed by atoms with Crippen molar-refractivity contribution in [2.45, 2.75) is 31.7 Å². The first-order valence-corrected chi connectivity index (χ1v) is 8.68. The molecule has 0 fully saturated rings. The molecule has 0 bridgehead atoms. The number of sulfonamides is 1. The number of hydrogen-bond acceptors (Lipinski definition) is 5. The summed E-state index contributed by atoms with van der Waals surface area (Å²) in [7, 11) is -3.73. The van der Waals surface area contributed by atoms with Gasteiger partial charge in [0.1, 0.15) is 0 Å².